The van der Waals surface area contributed by atoms with E-state index in [9.17, 15) is 19.2 Å². The summed E-state index contributed by atoms with van der Waals surface area (Å²) in [6.45, 7) is 0. The summed E-state index contributed by atoms with van der Waals surface area (Å²) in [5.74, 6) is -0.476. The van der Waals surface area contributed by atoms with Crippen molar-refractivity contribution < 1.29 is 19.2 Å². The van der Waals surface area contributed by atoms with Crippen molar-refractivity contribution in [2.24, 2.45) is 0 Å². The third-order valence-electron chi connectivity index (χ3n) is 2.96. The number of aromatic nitrogens is 3. The van der Waals surface area contributed by atoms with Gasteiger partial charge in [-0.25, -0.2) is 9.69 Å². The maximum Gasteiger partial charge on any atom is 0.344 e. The molecule has 21 heavy (non-hydrogen) atoms. The summed E-state index contributed by atoms with van der Waals surface area (Å²) >= 11 is 1.16. The first-order valence-electron chi connectivity index (χ1n) is 6.02. The van der Waals surface area contributed by atoms with Crippen LogP contribution in [0.15, 0.2) is 18.3 Å². The largest absolute Gasteiger partial charge is 0.344 e. The molecule has 3 rings (SSSR count). The van der Waals surface area contributed by atoms with Gasteiger partial charge in [-0.3, -0.25) is 14.4 Å². The standard InChI is InChI=1S/C11H9N5O4S/c17-8-1-2-9(18)16(8)7-5-15(14-13-7)11(20)12-6-3-4-21-10(6)19/h1-2,5-6H,3-4H2,(H,12,20). The number of thioether (sulfide) groups is 1. The highest BCUT2D eigenvalue weighted by atomic mass is 32.2. The molecule has 3 heterocycles. The number of amides is 3. The van der Waals surface area contributed by atoms with Gasteiger partial charge in [0, 0.05) is 17.9 Å². The zero-order valence-electron chi connectivity index (χ0n) is 10.6. The van der Waals surface area contributed by atoms with Crippen molar-refractivity contribution >= 4 is 40.5 Å². The molecule has 0 aliphatic carbocycles. The first-order valence-corrected chi connectivity index (χ1v) is 7.01. The van der Waals surface area contributed by atoms with Gasteiger partial charge < -0.3 is 5.32 Å². The highest BCUT2D eigenvalue weighted by Crippen LogP contribution is 2.19. The van der Waals surface area contributed by atoms with Crippen molar-refractivity contribution in [2.75, 3.05) is 10.7 Å². The molecule has 1 atom stereocenters. The molecule has 2 aliphatic rings. The molecular formula is C11H9N5O4S. The normalized spacial score (nSPS) is 21.4. The van der Waals surface area contributed by atoms with Gasteiger partial charge in [0.15, 0.2) is 5.82 Å². The fourth-order valence-corrected chi connectivity index (χ4v) is 2.86. The minimum Gasteiger partial charge on any atom is -0.325 e. The molecule has 0 aromatic carbocycles. The van der Waals surface area contributed by atoms with Crippen molar-refractivity contribution in [3.05, 3.63) is 18.3 Å². The van der Waals surface area contributed by atoms with Crippen molar-refractivity contribution in [3.8, 4) is 0 Å². The molecular weight excluding hydrogens is 298 g/mol. The molecule has 1 saturated heterocycles. The molecule has 2 aliphatic heterocycles. The van der Waals surface area contributed by atoms with Gasteiger partial charge in [-0.1, -0.05) is 17.0 Å². The van der Waals surface area contributed by atoms with E-state index in [-0.39, 0.29) is 10.9 Å². The molecule has 1 aromatic rings. The lowest BCUT2D eigenvalue weighted by atomic mass is 10.2. The molecule has 10 heteroatoms. The quantitative estimate of drug-likeness (QED) is 0.718. The van der Waals surface area contributed by atoms with Gasteiger partial charge in [-0.15, -0.1) is 5.10 Å². The molecule has 9 nitrogen and oxygen atoms in total. The lowest BCUT2D eigenvalue weighted by molar-refractivity contribution is -0.120. The third-order valence-corrected chi connectivity index (χ3v) is 3.97. The third kappa shape index (κ3) is 2.44. The minimum absolute atomic E-state index is 0.0442. The van der Waals surface area contributed by atoms with Crippen LogP contribution in [-0.2, 0) is 14.4 Å². The Kier molecular flexibility index (Phi) is 3.29. The topological polar surface area (TPSA) is 114 Å². The number of hydrogen-bond acceptors (Lipinski definition) is 7. The predicted molar refractivity (Wildman–Crippen MR) is 71.5 cm³/mol. The second-order valence-electron chi connectivity index (χ2n) is 4.32. The molecule has 0 spiro atoms. The number of carbonyl (C=O) groups is 4. The van der Waals surface area contributed by atoms with E-state index in [1.54, 1.807) is 0 Å². The zero-order valence-corrected chi connectivity index (χ0v) is 11.4. The monoisotopic (exact) mass is 307 g/mol. The van der Waals surface area contributed by atoms with Gasteiger partial charge >= 0.3 is 6.03 Å². The van der Waals surface area contributed by atoms with Gasteiger partial charge in [0.05, 0.1) is 6.20 Å². The number of carbonyl (C=O) groups excluding carboxylic acids is 4. The van der Waals surface area contributed by atoms with E-state index in [0.717, 1.165) is 39.7 Å². The summed E-state index contributed by atoms with van der Waals surface area (Å²) in [6.07, 6.45) is 3.93. The molecule has 0 bridgehead atoms. The van der Waals surface area contributed by atoms with E-state index < -0.39 is 23.9 Å². The van der Waals surface area contributed by atoms with Crippen LogP contribution in [0.5, 0.6) is 0 Å². The number of nitrogens with one attached hydrogen (secondary N) is 1. The summed E-state index contributed by atoms with van der Waals surface area (Å²) in [7, 11) is 0. The Balaban J connectivity index is 1.73. The average Bonchev–Trinajstić information content (AvgIpc) is 3.13. The van der Waals surface area contributed by atoms with E-state index in [0.29, 0.717) is 12.2 Å². The fourth-order valence-electron chi connectivity index (χ4n) is 1.92. The number of imide groups is 1. The van der Waals surface area contributed by atoms with Crippen LogP contribution < -0.4 is 10.2 Å². The summed E-state index contributed by atoms with van der Waals surface area (Å²) in [6, 6.07) is -1.19. The molecule has 1 unspecified atom stereocenters. The van der Waals surface area contributed by atoms with Crippen LogP contribution in [0.4, 0.5) is 10.6 Å². The molecule has 3 amide bonds. The Labute approximate surface area is 122 Å². The van der Waals surface area contributed by atoms with Gasteiger partial charge in [0.1, 0.15) is 6.04 Å². The van der Waals surface area contributed by atoms with Gasteiger partial charge in [0.25, 0.3) is 11.8 Å². The Morgan fingerprint density at radius 1 is 1.29 bits per heavy atom. The summed E-state index contributed by atoms with van der Waals surface area (Å²) in [5.41, 5.74) is 0. The zero-order chi connectivity index (χ0) is 15.0. The number of nitrogens with zero attached hydrogens (tertiary/aromatic N) is 4. The summed E-state index contributed by atoms with van der Waals surface area (Å²) in [4.78, 5) is 47.1. The van der Waals surface area contributed by atoms with E-state index in [2.05, 4.69) is 15.6 Å². The summed E-state index contributed by atoms with van der Waals surface area (Å²) < 4.78 is 0.852. The first-order chi connectivity index (χ1) is 10.1. The lowest BCUT2D eigenvalue weighted by Crippen LogP contribution is -2.40. The van der Waals surface area contributed by atoms with Crippen LogP contribution in [-0.4, -0.2) is 49.7 Å². The van der Waals surface area contributed by atoms with E-state index in [4.69, 9.17) is 0 Å². The van der Waals surface area contributed by atoms with Gasteiger partial charge in [-0.05, 0) is 6.42 Å². The Hall–Kier alpha value is -2.49. The Bertz CT molecular complexity index is 664. The van der Waals surface area contributed by atoms with E-state index >= 15 is 0 Å². The Morgan fingerprint density at radius 2 is 2.00 bits per heavy atom. The lowest BCUT2D eigenvalue weighted by Gasteiger charge is -2.09. The highest BCUT2D eigenvalue weighted by Gasteiger charge is 2.30. The molecule has 0 saturated carbocycles. The first kappa shape index (κ1) is 13.5. The van der Waals surface area contributed by atoms with Gasteiger partial charge in [-0.2, -0.15) is 4.68 Å². The SMILES string of the molecule is O=C1SCCC1NC(=O)n1cc(N2C(=O)C=CC2=O)nn1. The van der Waals surface area contributed by atoms with Crippen molar-refractivity contribution in [3.63, 3.8) is 0 Å². The van der Waals surface area contributed by atoms with Crippen LogP contribution in [0.2, 0.25) is 0 Å². The average molecular weight is 307 g/mol. The smallest absolute Gasteiger partial charge is 0.325 e. The van der Waals surface area contributed by atoms with Crippen LogP contribution >= 0.6 is 11.8 Å². The van der Waals surface area contributed by atoms with Crippen LogP contribution in [0, 0.1) is 0 Å². The highest BCUT2D eigenvalue weighted by molar-refractivity contribution is 8.14. The number of anilines is 1. The predicted octanol–water partition coefficient (Wildman–Crippen LogP) is -0.703. The Morgan fingerprint density at radius 3 is 2.62 bits per heavy atom. The summed E-state index contributed by atoms with van der Waals surface area (Å²) in [5, 5.41) is 9.60. The van der Waals surface area contributed by atoms with E-state index in [1.165, 1.54) is 0 Å². The second-order valence-corrected chi connectivity index (χ2v) is 5.42. The number of rotatable bonds is 2. The minimum atomic E-state index is -0.637. The number of hydrogen-bond donors (Lipinski definition) is 1. The van der Waals surface area contributed by atoms with Crippen LogP contribution in [0.25, 0.3) is 0 Å². The fraction of sp³-hybridized carbons (Fsp3) is 0.273. The molecule has 108 valence electrons. The second kappa shape index (κ2) is 5.13. The van der Waals surface area contributed by atoms with Gasteiger partial charge in [0.2, 0.25) is 5.12 Å². The molecule has 0 radical (unpaired) electrons. The maximum absolute atomic E-state index is 11.9. The molecule has 1 aromatic heterocycles. The maximum atomic E-state index is 11.9. The van der Waals surface area contributed by atoms with Crippen molar-refractivity contribution in [1.29, 1.82) is 0 Å². The molecule has 1 N–H and O–H groups in total. The van der Waals surface area contributed by atoms with Crippen LogP contribution in [0.1, 0.15) is 6.42 Å². The van der Waals surface area contributed by atoms with E-state index in [1.807, 2.05) is 0 Å². The molecule has 1 fully saturated rings. The van der Waals surface area contributed by atoms with Crippen molar-refractivity contribution in [1.82, 2.24) is 20.3 Å². The van der Waals surface area contributed by atoms with Crippen LogP contribution in [0.3, 0.4) is 0 Å². The van der Waals surface area contributed by atoms with Crippen molar-refractivity contribution in [2.45, 2.75) is 12.5 Å².